The van der Waals surface area contributed by atoms with Crippen molar-refractivity contribution in [1.29, 1.82) is 0 Å². The van der Waals surface area contributed by atoms with Gasteiger partial charge < -0.3 is 20.1 Å². The fourth-order valence-electron chi connectivity index (χ4n) is 3.02. The van der Waals surface area contributed by atoms with Crippen LogP contribution < -0.4 is 15.4 Å². The molecule has 0 aliphatic carbocycles. The molecule has 1 unspecified atom stereocenters. The smallest absolute Gasteiger partial charge is 0.191 e. The minimum atomic E-state index is 0.488. The van der Waals surface area contributed by atoms with Crippen LogP contribution in [0.25, 0.3) is 0 Å². The van der Waals surface area contributed by atoms with E-state index in [0.717, 1.165) is 48.3 Å². The summed E-state index contributed by atoms with van der Waals surface area (Å²) in [6, 6.07) is 6.33. The lowest BCUT2D eigenvalue weighted by Gasteiger charge is -2.16. The quantitative estimate of drug-likeness (QED) is 0.524. The summed E-state index contributed by atoms with van der Waals surface area (Å²) >= 11 is 1.74. The van der Waals surface area contributed by atoms with Gasteiger partial charge in [-0.15, -0.1) is 11.3 Å². The summed E-state index contributed by atoms with van der Waals surface area (Å²) in [5, 5.41) is 7.77. The molecule has 1 aliphatic heterocycles. The van der Waals surface area contributed by atoms with Crippen LogP contribution in [0.15, 0.2) is 29.4 Å². The van der Waals surface area contributed by atoms with Crippen LogP contribution in [-0.4, -0.2) is 37.8 Å². The predicted octanol–water partition coefficient (Wildman–Crippen LogP) is 3.29. The van der Waals surface area contributed by atoms with Crippen LogP contribution in [0.5, 0.6) is 5.75 Å². The van der Waals surface area contributed by atoms with Crippen molar-refractivity contribution in [3.63, 3.8) is 0 Å². The third-order valence-electron chi connectivity index (χ3n) is 4.75. The molecule has 2 N–H and O–H groups in total. The van der Waals surface area contributed by atoms with Crippen LogP contribution in [0.4, 0.5) is 0 Å². The number of hydrogen-bond donors (Lipinski definition) is 2. The Hall–Kier alpha value is -2.12. The first-order valence-electron chi connectivity index (χ1n) is 9.86. The van der Waals surface area contributed by atoms with Gasteiger partial charge in [-0.2, -0.15) is 0 Å². The lowest BCUT2D eigenvalue weighted by atomic mass is 10.1. The van der Waals surface area contributed by atoms with Gasteiger partial charge in [-0.1, -0.05) is 19.1 Å². The molecule has 1 atom stereocenters. The summed E-state index contributed by atoms with van der Waals surface area (Å²) < 4.78 is 11.6. The molecule has 2 heterocycles. The summed E-state index contributed by atoms with van der Waals surface area (Å²) in [5.41, 5.74) is 2.31. The standard InChI is InChI=1S/C21H30N4O2S/c1-4-18-11-23-20(28-18)12-25-21(22-3)24-10-17-6-5-15(2)9-19(17)27-14-16-7-8-26-13-16/h5-6,9,11,16H,4,7-8,10,12-14H2,1-3H3,(H2,22,24,25). The average Bonchev–Trinajstić information content (AvgIpc) is 3.39. The Morgan fingerprint density at radius 1 is 1.36 bits per heavy atom. The van der Waals surface area contributed by atoms with Crippen molar-refractivity contribution in [2.45, 2.75) is 39.8 Å². The number of benzene rings is 1. The molecule has 6 nitrogen and oxygen atoms in total. The monoisotopic (exact) mass is 402 g/mol. The van der Waals surface area contributed by atoms with E-state index in [1.165, 1.54) is 10.4 Å². The molecule has 1 aromatic heterocycles. The van der Waals surface area contributed by atoms with E-state index in [9.17, 15) is 0 Å². The molecule has 2 aromatic rings. The van der Waals surface area contributed by atoms with E-state index in [4.69, 9.17) is 9.47 Å². The maximum absolute atomic E-state index is 6.12. The van der Waals surface area contributed by atoms with Crippen LogP contribution in [-0.2, 0) is 24.2 Å². The molecule has 0 bridgehead atoms. The maximum Gasteiger partial charge on any atom is 0.191 e. The number of rotatable bonds is 8. The first kappa shape index (κ1) is 20.6. The summed E-state index contributed by atoms with van der Waals surface area (Å²) in [6.07, 6.45) is 4.05. The molecule has 152 valence electrons. The minimum absolute atomic E-state index is 0.488. The fourth-order valence-corrected chi connectivity index (χ4v) is 3.82. The Bertz CT molecular complexity index is 784. The highest BCUT2D eigenvalue weighted by molar-refractivity contribution is 7.11. The van der Waals surface area contributed by atoms with Crippen LogP contribution in [0, 0.1) is 12.8 Å². The number of thiazole rings is 1. The van der Waals surface area contributed by atoms with Gasteiger partial charge in [0.2, 0.25) is 0 Å². The highest BCUT2D eigenvalue weighted by Crippen LogP contribution is 2.22. The second kappa shape index (κ2) is 10.4. The zero-order chi connectivity index (χ0) is 19.8. The van der Waals surface area contributed by atoms with Gasteiger partial charge in [-0.05, 0) is 31.4 Å². The Morgan fingerprint density at radius 2 is 2.21 bits per heavy atom. The number of nitrogens with zero attached hydrogens (tertiary/aromatic N) is 2. The Kier molecular flexibility index (Phi) is 7.68. The number of aromatic nitrogens is 1. The van der Waals surface area contributed by atoms with E-state index < -0.39 is 0 Å². The third kappa shape index (κ3) is 5.94. The van der Waals surface area contributed by atoms with E-state index in [1.54, 1.807) is 18.4 Å². The van der Waals surface area contributed by atoms with Crippen molar-refractivity contribution in [2.24, 2.45) is 10.9 Å². The Morgan fingerprint density at radius 3 is 2.93 bits per heavy atom. The predicted molar refractivity (Wildman–Crippen MR) is 114 cm³/mol. The molecule has 0 spiro atoms. The number of aryl methyl sites for hydroxylation is 2. The minimum Gasteiger partial charge on any atom is -0.493 e. The SMILES string of the molecule is CCc1cnc(CNC(=NC)NCc2ccc(C)cc2OCC2CCOC2)s1. The van der Waals surface area contributed by atoms with E-state index in [2.05, 4.69) is 52.7 Å². The van der Waals surface area contributed by atoms with Crippen molar-refractivity contribution < 1.29 is 9.47 Å². The van der Waals surface area contributed by atoms with Crippen molar-refractivity contribution in [3.05, 3.63) is 45.4 Å². The van der Waals surface area contributed by atoms with Gasteiger partial charge in [0.05, 0.1) is 19.8 Å². The lowest BCUT2D eigenvalue weighted by molar-refractivity contribution is 0.166. The molecule has 28 heavy (non-hydrogen) atoms. The molecule has 0 amide bonds. The van der Waals surface area contributed by atoms with Gasteiger partial charge in [-0.3, -0.25) is 4.99 Å². The molecule has 3 rings (SSSR count). The summed E-state index contributed by atoms with van der Waals surface area (Å²) in [6.45, 7) is 7.89. The zero-order valence-corrected chi connectivity index (χ0v) is 17.8. The van der Waals surface area contributed by atoms with Gasteiger partial charge in [0.25, 0.3) is 0 Å². The van der Waals surface area contributed by atoms with Crippen LogP contribution in [0.3, 0.4) is 0 Å². The van der Waals surface area contributed by atoms with E-state index in [-0.39, 0.29) is 0 Å². The molecule has 1 aliphatic rings. The van der Waals surface area contributed by atoms with E-state index >= 15 is 0 Å². The maximum atomic E-state index is 6.12. The van der Waals surface area contributed by atoms with Crippen molar-refractivity contribution >= 4 is 17.3 Å². The largest absolute Gasteiger partial charge is 0.493 e. The van der Waals surface area contributed by atoms with Gasteiger partial charge in [-0.25, -0.2) is 4.98 Å². The Labute approximate surface area is 171 Å². The molecule has 1 saturated heterocycles. The van der Waals surface area contributed by atoms with Gasteiger partial charge in [0.15, 0.2) is 5.96 Å². The van der Waals surface area contributed by atoms with Crippen molar-refractivity contribution in [1.82, 2.24) is 15.6 Å². The second-order valence-electron chi connectivity index (χ2n) is 7.00. The van der Waals surface area contributed by atoms with Crippen LogP contribution in [0.1, 0.15) is 34.4 Å². The molecule has 0 saturated carbocycles. The molecular weight excluding hydrogens is 372 g/mol. The Balaban J connectivity index is 1.54. The van der Waals surface area contributed by atoms with Crippen molar-refractivity contribution in [2.75, 3.05) is 26.9 Å². The summed E-state index contributed by atoms with van der Waals surface area (Å²) in [5.74, 6) is 2.17. The number of nitrogens with one attached hydrogen (secondary N) is 2. The van der Waals surface area contributed by atoms with Crippen LogP contribution >= 0.6 is 11.3 Å². The molecule has 1 aromatic carbocycles. The molecule has 7 heteroatoms. The van der Waals surface area contributed by atoms with Gasteiger partial charge in [0.1, 0.15) is 10.8 Å². The first-order valence-corrected chi connectivity index (χ1v) is 10.7. The first-order chi connectivity index (χ1) is 13.7. The topological polar surface area (TPSA) is 67.8 Å². The molecule has 1 fully saturated rings. The number of ether oxygens (including phenoxy) is 2. The van der Waals surface area contributed by atoms with Crippen LogP contribution in [0.2, 0.25) is 0 Å². The van der Waals surface area contributed by atoms with Gasteiger partial charge >= 0.3 is 0 Å². The lowest BCUT2D eigenvalue weighted by Crippen LogP contribution is -2.36. The summed E-state index contributed by atoms with van der Waals surface area (Å²) in [4.78, 5) is 10.1. The molecule has 0 radical (unpaired) electrons. The van der Waals surface area contributed by atoms with Crippen molar-refractivity contribution in [3.8, 4) is 5.75 Å². The number of aliphatic imine (C=N–C) groups is 1. The number of guanidine groups is 1. The summed E-state index contributed by atoms with van der Waals surface area (Å²) in [7, 11) is 1.78. The highest BCUT2D eigenvalue weighted by Gasteiger charge is 2.17. The zero-order valence-electron chi connectivity index (χ0n) is 17.0. The highest BCUT2D eigenvalue weighted by atomic mass is 32.1. The average molecular weight is 403 g/mol. The van der Waals surface area contributed by atoms with E-state index in [0.29, 0.717) is 25.6 Å². The normalized spacial score (nSPS) is 17.0. The molecular formula is C21H30N4O2S. The fraction of sp³-hybridized carbons (Fsp3) is 0.524. The second-order valence-corrected chi connectivity index (χ2v) is 8.20. The third-order valence-corrected chi connectivity index (χ3v) is 5.89. The number of hydrogen-bond acceptors (Lipinski definition) is 5. The van der Waals surface area contributed by atoms with E-state index in [1.807, 2.05) is 6.20 Å². The van der Waals surface area contributed by atoms with Gasteiger partial charge in [0, 0.05) is 42.8 Å².